The summed E-state index contributed by atoms with van der Waals surface area (Å²) in [5.74, 6) is -0.585. The summed E-state index contributed by atoms with van der Waals surface area (Å²) in [5.41, 5.74) is 0. The molecule has 34 heavy (non-hydrogen) atoms. The van der Waals surface area contributed by atoms with Gasteiger partial charge in [0.25, 0.3) is 0 Å². The topological polar surface area (TPSA) is 131 Å². The molecule has 0 aliphatic rings. The Balaban J connectivity index is 3.64. The second kappa shape index (κ2) is 22.2. The first kappa shape index (κ1) is 32.8. The number of ether oxygens (including phenoxy) is 1. The number of phosphoric acid groups is 1. The van der Waals surface area contributed by atoms with Crippen LogP contribution in [0.2, 0.25) is 0 Å². The quantitative estimate of drug-likeness (QED) is 0.0777. The van der Waals surface area contributed by atoms with E-state index < -0.39 is 26.5 Å². The molecule has 0 aliphatic carbocycles. The second-order valence-electron chi connectivity index (χ2n) is 8.31. The van der Waals surface area contributed by atoms with Crippen molar-refractivity contribution in [3.05, 3.63) is 12.2 Å². The highest BCUT2D eigenvalue weighted by atomic mass is 31.2. The van der Waals surface area contributed by atoms with Crippen molar-refractivity contribution in [2.75, 3.05) is 26.4 Å². The number of carbonyl (C=O) groups excluding carboxylic acids is 2. The van der Waals surface area contributed by atoms with Crippen molar-refractivity contribution >= 4 is 19.7 Å². The number of hydrogen-bond donors (Lipinski definition) is 3. The summed E-state index contributed by atoms with van der Waals surface area (Å²) in [4.78, 5) is 32.6. The summed E-state index contributed by atoms with van der Waals surface area (Å²) in [7, 11) is -4.37. The Morgan fingerprint density at radius 1 is 0.882 bits per heavy atom. The zero-order valence-electron chi connectivity index (χ0n) is 21.0. The van der Waals surface area contributed by atoms with Gasteiger partial charge in [-0.1, -0.05) is 58.1 Å². The zero-order valence-corrected chi connectivity index (χ0v) is 21.9. The number of aliphatic hydroxyl groups excluding tert-OH is 1. The van der Waals surface area contributed by atoms with Gasteiger partial charge in [0.15, 0.2) is 0 Å². The maximum Gasteiger partial charge on any atom is 0.472 e. The van der Waals surface area contributed by atoms with E-state index in [1.807, 2.05) is 6.92 Å². The Labute approximate surface area is 205 Å². The molecule has 0 rings (SSSR count). The molecular formula is C24H46NO8P. The lowest BCUT2D eigenvalue weighted by Crippen LogP contribution is -2.27. The van der Waals surface area contributed by atoms with E-state index in [1.54, 1.807) is 0 Å². The zero-order chi connectivity index (χ0) is 25.5. The van der Waals surface area contributed by atoms with Gasteiger partial charge in [0.1, 0.15) is 12.7 Å². The lowest BCUT2D eigenvalue weighted by molar-refractivity contribution is -0.147. The molecule has 2 unspecified atom stereocenters. The maximum atomic E-state index is 11.8. The summed E-state index contributed by atoms with van der Waals surface area (Å²) < 4.78 is 26.0. The minimum absolute atomic E-state index is 0.0779. The van der Waals surface area contributed by atoms with Crippen LogP contribution in [0, 0.1) is 0 Å². The molecular weight excluding hydrogens is 461 g/mol. The number of hydrogen-bond acceptors (Lipinski definition) is 7. The lowest BCUT2D eigenvalue weighted by Gasteiger charge is -2.15. The lowest BCUT2D eigenvalue weighted by atomic mass is 10.1. The molecule has 9 nitrogen and oxygen atoms in total. The van der Waals surface area contributed by atoms with E-state index in [4.69, 9.17) is 9.26 Å². The molecule has 2 atom stereocenters. The van der Waals surface area contributed by atoms with Gasteiger partial charge >= 0.3 is 13.8 Å². The largest absolute Gasteiger partial charge is 0.472 e. The van der Waals surface area contributed by atoms with Crippen LogP contribution < -0.4 is 5.32 Å². The summed E-state index contributed by atoms with van der Waals surface area (Å²) in [6.45, 7) is 3.06. The average molecular weight is 508 g/mol. The molecule has 0 spiro atoms. The summed E-state index contributed by atoms with van der Waals surface area (Å²) in [6, 6.07) is 0. The Bertz CT molecular complexity index is 600. The van der Waals surface area contributed by atoms with Gasteiger partial charge in [-0.05, 0) is 38.5 Å². The molecule has 10 heteroatoms. The van der Waals surface area contributed by atoms with Crippen LogP contribution in [0.4, 0.5) is 0 Å². The standard InChI is InChI=1S/C24H46NO8P/c1-3-5-6-7-8-9-10-11-12-13-14-15-17-23(27)25-18-19-32-34(29,30)33-21-22(26)20-31-24(28)16-4-2/h8-9,22,26H,3-7,10-21H2,1-2H3,(H,25,27)(H,29,30)/b9-8-. The fourth-order valence-corrected chi connectivity index (χ4v) is 3.75. The molecule has 0 radical (unpaired) electrons. The summed E-state index contributed by atoms with van der Waals surface area (Å²) >= 11 is 0. The van der Waals surface area contributed by atoms with Gasteiger partial charge in [0.2, 0.25) is 5.91 Å². The van der Waals surface area contributed by atoms with E-state index >= 15 is 0 Å². The van der Waals surface area contributed by atoms with Crippen LogP contribution in [-0.2, 0) is 27.9 Å². The van der Waals surface area contributed by atoms with E-state index in [0.29, 0.717) is 12.8 Å². The Hall–Kier alpha value is -1.25. The molecule has 0 fully saturated rings. The molecule has 0 aromatic carbocycles. The van der Waals surface area contributed by atoms with Crippen LogP contribution in [0.3, 0.4) is 0 Å². The fourth-order valence-electron chi connectivity index (χ4n) is 3.00. The third-order valence-electron chi connectivity index (χ3n) is 4.92. The fraction of sp³-hybridized carbons (Fsp3) is 0.833. The predicted molar refractivity (Wildman–Crippen MR) is 132 cm³/mol. The van der Waals surface area contributed by atoms with Gasteiger partial charge in [-0.2, -0.15) is 0 Å². The van der Waals surface area contributed by atoms with Crippen molar-refractivity contribution in [2.24, 2.45) is 0 Å². The maximum absolute atomic E-state index is 11.8. The first-order chi connectivity index (χ1) is 16.3. The SMILES string of the molecule is CCCCC/C=C\CCCCCCCC(=O)NCCOP(=O)(O)OCC(O)COC(=O)CCC. The van der Waals surface area contributed by atoms with Gasteiger partial charge in [0, 0.05) is 19.4 Å². The summed E-state index contributed by atoms with van der Waals surface area (Å²) in [5, 5.41) is 12.3. The van der Waals surface area contributed by atoms with Gasteiger partial charge in [-0.25, -0.2) is 4.57 Å². The molecule has 0 saturated heterocycles. The smallest absolute Gasteiger partial charge is 0.463 e. The van der Waals surface area contributed by atoms with Crippen LogP contribution in [0.15, 0.2) is 12.2 Å². The minimum atomic E-state index is -4.37. The number of phosphoric ester groups is 1. The first-order valence-corrected chi connectivity index (χ1v) is 14.2. The summed E-state index contributed by atoms with van der Waals surface area (Å²) in [6.07, 6.45) is 16.0. The number of unbranched alkanes of at least 4 members (excludes halogenated alkanes) is 8. The highest BCUT2D eigenvalue weighted by Gasteiger charge is 2.23. The third-order valence-corrected chi connectivity index (χ3v) is 5.90. The molecule has 1 amide bonds. The number of allylic oxidation sites excluding steroid dienone is 2. The molecule has 0 aromatic rings. The second-order valence-corrected chi connectivity index (χ2v) is 9.76. The third kappa shape index (κ3) is 22.5. The average Bonchev–Trinajstić information content (AvgIpc) is 2.80. The van der Waals surface area contributed by atoms with E-state index in [2.05, 4.69) is 28.9 Å². The van der Waals surface area contributed by atoms with Crippen LogP contribution in [0.1, 0.15) is 97.3 Å². The molecule has 3 N–H and O–H groups in total. The van der Waals surface area contributed by atoms with Crippen molar-refractivity contribution in [3.63, 3.8) is 0 Å². The minimum Gasteiger partial charge on any atom is -0.463 e. The van der Waals surface area contributed by atoms with Crippen LogP contribution in [0.5, 0.6) is 0 Å². The van der Waals surface area contributed by atoms with Crippen LogP contribution in [0.25, 0.3) is 0 Å². The van der Waals surface area contributed by atoms with Crippen molar-refractivity contribution < 1.29 is 37.9 Å². The van der Waals surface area contributed by atoms with Gasteiger partial charge in [0.05, 0.1) is 13.2 Å². The van der Waals surface area contributed by atoms with Crippen LogP contribution >= 0.6 is 7.82 Å². The molecule has 0 saturated carbocycles. The molecule has 200 valence electrons. The number of carbonyl (C=O) groups is 2. The normalized spacial score (nSPS) is 14.1. The highest BCUT2D eigenvalue weighted by molar-refractivity contribution is 7.47. The number of amides is 1. The van der Waals surface area contributed by atoms with Gasteiger partial charge in [-0.3, -0.25) is 18.6 Å². The predicted octanol–water partition coefficient (Wildman–Crippen LogP) is 4.81. The van der Waals surface area contributed by atoms with Crippen molar-refractivity contribution in [2.45, 2.75) is 103 Å². The Kier molecular flexibility index (Phi) is 21.4. The van der Waals surface area contributed by atoms with Gasteiger partial charge in [-0.15, -0.1) is 0 Å². The van der Waals surface area contributed by atoms with E-state index in [0.717, 1.165) is 32.1 Å². The van der Waals surface area contributed by atoms with Crippen molar-refractivity contribution in [1.29, 1.82) is 0 Å². The highest BCUT2D eigenvalue weighted by Crippen LogP contribution is 2.42. The number of rotatable bonds is 23. The van der Waals surface area contributed by atoms with E-state index in [9.17, 15) is 24.2 Å². The molecule has 0 heterocycles. The van der Waals surface area contributed by atoms with Crippen LogP contribution in [-0.4, -0.2) is 54.3 Å². The molecule has 0 aliphatic heterocycles. The monoisotopic (exact) mass is 507 g/mol. The van der Waals surface area contributed by atoms with E-state index in [1.165, 1.54) is 32.1 Å². The first-order valence-electron chi connectivity index (χ1n) is 12.7. The molecule has 0 bridgehead atoms. The molecule has 0 aromatic heterocycles. The van der Waals surface area contributed by atoms with Gasteiger partial charge < -0.3 is 20.1 Å². The van der Waals surface area contributed by atoms with E-state index in [-0.39, 0.29) is 32.1 Å². The van der Waals surface area contributed by atoms with Crippen molar-refractivity contribution in [1.82, 2.24) is 5.32 Å². The number of esters is 1. The Morgan fingerprint density at radius 2 is 1.53 bits per heavy atom. The number of aliphatic hydroxyl groups is 1. The van der Waals surface area contributed by atoms with Crippen molar-refractivity contribution in [3.8, 4) is 0 Å². The number of nitrogens with one attached hydrogen (secondary N) is 1. The Morgan fingerprint density at radius 3 is 2.21 bits per heavy atom.